The second-order valence-corrected chi connectivity index (χ2v) is 9.02. The van der Waals surface area contributed by atoms with Gasteiger partial charge in [0.05, 0.1) is 5.75 Å². The number of carbonyl (C=O) groups is 1. The van der Waals surface area contributed by atoms with E-state index in [-0.39, 0.29) is 11.7 Å². The van der Waals surface area contributed by atoms with Crippen molar-refractivity contribution in [2.45, 2.75) is 11.8 Å². The fraction of sp³-hybridized carbons (Fsp3) is 0.240. The molecule has 4 aromatic rings. The average molecular weight is 475 g/mol. The minimum atomic E-state index is -0.119. The number of nitrogens with one attached hydrogen (secondary N) is 2. The Kier molecular flexibility index (Phi) is 6.92. The summed E-state index contributed by atoms with van der Waals surface area (Å²) in [5.74, 6) is 0.480. The molecule has 1 aliphatic heterocycles. The van der Waals surface area contributed by atoms with E-state index in [0.29, 0.717) is 11.1 Å². The van der Waals surface area contributed by atoms with Gasteiger partial charge >= 0.3 is 0 Å². The van der Waals surface area contributed by atoms with Crippen LogP contribution >= 0.6 is 11.8 Å². The number of anilines is 2. The summed E-state index contributed by atoms with van der Waals surface area (Å²) in [6, 6.07) is 22.3. The molecule has 0 aliphatic carbocycles. The van der Waals surface area contributed by atoms with E-state index in [0.717, 1.165) is 44.1 Å². The lowest BCUT2D eigenvalue weighted by Crippen LogP contribution is -2.45. The number of benzene rings is 2. The third-order valence-electron chi connectivity index (χ3n) is 5.70. The summed E-state index contributed by atoms with van der Waals surface area (Å²) < 4.78 is 5.57. The molecule has 8 nitrogen and oxygen atoms in total. The summed E-state index contributed by atoms with van der Waals surface area (Å²) in [6.45, 7) is 5.04. The fourth-order valence-electron chi connectivity index (χ4n) is 3.93. The number of thioether (sulfide) groups is 1. The highest BCUT2D eigenvalue weighted by Crippen LogP contribution is 2.23. The van der Waals surface area contributed by atoms with Crippen molar-refractivity contribution in [3.8, 4) is 11.6 Å². The molecule has 1 saturated heterocycles. The molecule has 9 heteroatoms. The number of hydrogen-bond acceptors (Lipinski definition) is 7. The quantitative estimate of drug-likeness (QED) is 0.371. The Morgan fingerprint density at radius 2 is 1.76 bits per heavy atom. The monoisotopic (exact) mass is 474 g/mol. The lowest BCUT2D eigenvalue weighted by atomic mass is 10.2. The Morgan fingerprint density at radius 3 is 2.50 bits per heavy atom. The Morgan fingerprint density at radius 1 is 0.971 bits per heavy atom. The standard InChI is InChI=1S/C25H26N6O2S/c32-23(18-34-25-29-28-24(33-25)22-7-4-12-26-22)27-20-8-10-21(11-9-20)31-15-13-30(14-16-31)17-19-5-2-1-3-6-19/h1-12,26H,13-18H2,(H,27,32). The van der Waals surface area contributed by atoms with Crippen molar-refractivity contribution in [1.82, 2.24) is 20.1 Å². The van der Waals surface area contributed by atoms with Crippen molar-refractivity contribution < 1.29 is 9.21 Å². The van der Waals surface area contributed by atoms with Gasteiger partial charge in [-0.3, -0.25) is 9.69 Å². The molecule has 1 aliphatic rings. The molecular formula is C25H26N6O2S. The minimum Gasteiger partial charge on any atom is -0.410 e. The Balaban J connectivity index is 1.07. The van der Waals surface area contributed by atoms with Crippen molar-refractivity contribution in [3.05, 3.63) is 78.5 Å². The van der Waals surface area contributed by atoms with Gasteiger partial charge in [-0.25, -0.2) is 0 Å². The maximum Gasteiger partial charge on any atom is 0.277 e. The number of nitrogens with zero attached hydrogens (tertiary/aromatic N) is 4. The van der Waals surface area contributed by atoms with Gasteiger partial charge in [-0.2, -0.15) is 0 Å². The highest BCUT2D eigenvalue weighted by Gasteiger charge is 2.17. The summed E-state index contributed by atoms with van der Waals surface area (Å²) in [5.41, 5.74) is 4.06. The van der Waals surface area contributed by atoms with Crippen LogP contribution in [-0.4, -0.2) is 57.9 Å². The van der Waals surface area contributed by atoms with Gasteiger partial charge in [-0.05, 0) is 42.0 Å². The van der Waals surface area contributed by atoms with Gasteiger partial charge in [0.15, 0.2) is 0 Å². The molecule has 34 heavy (non-hydrogen) atoms. The zero-order valence-corrected chi connectivity index (χ0v) is 19.5. The lowest BCUT2D eigenvalue weighted by molar-refractivity contribution is -0.113. The second-order valence-electron chi connectivity index (χ2n) is 8.09. The lowest BCUT2D eigenvalue weighted by Gasteiger charge is -2.36. The van der Waals surface area contributed by atoms with Crippen LogP contribution in [0.15, 0.2) is 82.6 Å². The van der Waals surface area contributed by atoms with Crippen molar-refractivity contribution in [1.29, 1.82) is 0 Å². The third-order valence-corrected chi connectivity index (χ3v) is 6.52. The predicted molar refractivity (Wildman–Crippen MR) is 134 cm³/mol. The zero-order valence-electron chi connectivity index (χ0n) is 18.7. The van der Waals surface area contributed by atoms with Crippen molar-refractivity contribution in [3.63, 3.8) is 0 Å². The molecule has 0 bridgehead atoms. The molecule has 1 fully saturated rings. The van der Waals surface area contributed by atoms with Gasteiger partial charge < -0.3 is 19.6 Å². The largest absolute Gasteiger partial charge is 0.410 e. The van der Waals surface area contributed by atoms with Crippen LogP contribution in [0, 0.1) is 0 Å². The average Bonchev–Trinajstić information content (AvgIpc) is 3.57. The van der Waals surface area contributed by atoms with E-state index in [4.69, 9.17) is 4.42 Å². The highest BCUT2D eigenvalue weighted by atomic mass is 32.2. The number of rotatable bonds is 8. The molecule has 2 aromatic carbocycles. The maximum absolute atomic E-state index is 12.4. The van der Waals surface area contributed by atoms with Crippen LogP contribution in [0.2, 0.25) is 0 Å². The van der Waals surface area contributed by atoms with Crippen LogP contribution in [-0.2, 0) is 11.3 Å². The molecule has 0 atom stereocenters. The van der Waals surface area contributed by atoms with Crippen LogP contribution in [0.3, 0.4) is 0 Å². The molecule has 0 radical (unpaired) electrons. The van der Waals surface area contributed by atoms with Gasteiger partial charge in [-0.1, -0.05) is 42.1 Å². The van der Waals surface area contributed by atoms with E-state index in [1.54, 1.807) is 6.20 Å². The van der Waals surface area contributed by atoms with Crippen molar-refractivity contribution >= 4 is 29.0 Å². The molecular weight excluding hydrogens is 448 g/mol. The Hall–Kier alpha value is -3.56. The van der Waals surface area contributed by atoms with E-state index in [9.17, 15) is 4.79 Å². The molecule has 3 heterocycles. The molecule has 2 aromatic heterocycles. The Bertz CT molecular complexity index is 1190. The van der Waals surface area contributed by atoms with Gasteiger partial charge in [0.1, 0.15) is 5.69 Å². The van der Waals surface area contributed by atoms with E-state index in [1.165, 1.54) is 23.0 Å². The summed E-state index contributed by atoms with van der Waals surface area (Å²) in [4.78, 5) is 20.2. The Labute approximate surface area is 202 Å². The highest BCUT2D eigenvalue weighted by molar-refractivity contribution is 7.99. The maximum atomic E-state index is 12.4. The zero-order chi connectivity index (χ0) is 23.2. The molecule has 2 N–H and O–H groups in total. The van der Waals surface area contributed by atoms with E-state index < -0.39 is 0 Å². The molecule has 0 unspecified atom stereocenters. The first-order valence-electron chi connectivity index (χ1n) is 11.2. The number of H-pyrrole nitrogens is 1. The first kappa shape index (κ1) is 22.2. The van der Waals surface area contributed by atoms with Crippen LogP contribution in [0.4, 0.5) is 11.4 Å². The first-order valence-corrected chi connectivity index (χ1v) is 12.2. The molecule has 0 spiro atoms. The number of aromatic nitrogens is 3. The SMILES string of the molecule is O=C(CSc1nnc(-c2ccc[nH]2)o1)Nc1ccc(N2CCN(Cc3ccccc3)CC2)cc1. The van der Waals surface area contributed by atoms with E-state index in [2.05, 4.69) is 72.8 Å². The molecule has 0 saturated carbocycles. The summed E-state index contributed by atoms with van der Waals surface area (Å²) in [5, 5.41) is 11.3. The predicted octanol–water partition coefficient (Wildman–Crippen LogP) is 4.12. The van der Waals surface area contributed by atoms with Gasteiger partial charge in [0.25, 0.3) is 11.1 Å². The molecule has 174 valence electrons. The fourth-order valence-corrected chi connectivity index (χ4v) is 4.49. The first-order chi connectivity index (χ1) is 16.7. The minimum absolute atomic E-state index is 0.119. The second kappa shape index (κ2) is 10.6. The number of aromatic amines is 1. The van der Waals surface area contributed by atoms with Crippen molar-refractivity contribution in [2.75, 3.05) is 42.1 Å². The number of carbonyl (C=O) groups excluding carboxylic acids is 1. The van der Waals surface area contributed by atoms with Crippen molar-refractivity contribution in [2.24, 2.45) is 0 Å². The molecule has 5 rings (SSSR count). The normalized spacial score (nSPS) is 14.3. The topological polar surface area (TPSA) is 90.3 Å². The summed E-state index contributed by atoms with van der Waals surface area (Å²) in [6.07, 6.45) is 1.79. The van der Waals surface area contributed by atoms with Gasteiger partial charge in [0.2, 0.25) is 5.91 Å². The number of piperazine rings is 1. The van der Waals surface area contributed by atoms with Crippen LogP contribution in [0.1, 0.15) is 5.56 Å². The summed E-state index contributed by atoms with van der Waals surface area (Å²) in [7, 11) is 0. The number of amides is 1. The smallest absolute Gasteiger partial charge is 0.277 e. The molecule has 1 amide bonds. The van der Waals surface area contributed by atoms with Crippen LogP contribution < -0.4 is 10.2 Å². The van der Waals surface area contributed by atoms with E-state index >= 15 is 0 Å². The van der Waals surface area contributed by atoms with Gasteiger partial charge in [-0.15, -0.1) is 10.2 Å². The van der Waals surface area contributed by atoms with Crippen LogP contribution in [0.5, 0.6) is 0 Å². The van der Waals surface area contributed by atoms with Gasteiger partial charge in [0, 0.05) is 50.3 Å². The number of hydrogen-bond donors (Lipinski definition) is 2. The third kappa shape index (κ3) is 5.67. The van der Waals surface area contributed by atoms with E-state index in [1.807, 2.05) is 24.3 Å². The summed E-state index contributed by atoms with van der Waals surface area (Å²) >= 11 is 1.21. The van der Waals surface area contributed by atoms with Crippen LogP contribution in [0.25, 0.3) is 11.6 Å².